The molecule has 0 aliphatic heterocycles. The molecule has 6 nitrogen and oxygen atoms in total. The molecular formula is C22H22N2O4. The highest BCUT2D eigenvalue weighted by Crippen LogP contribution is 2.20. The Bertz CT molecular complexity index is 854. The fourth-order valence-electron chi connectivity index (χ4n) is 2.51. The zero-order valence-corrected chi connectivity index (χ0v) is 15.8. The van der Waals surface area contributed by atoms with E-state index in [9.17, 15) is 14.4 Å². The summed E-state index contributed by atoms with van der Waals surface area (Å²) in [5, 5.41) is 8.50. The molecular weight excluding hydrogens is 356 g/mol. The number of Topliss-reactive ketones (excluding diaryl/α,β-unsaturated/α-hetero) is 1. The normalized spacial score (nSPS) is 10.0. The number of ether oxygens (including phenoxy) is 1. The Labute approximate surface area is 164 Å². The Kier molecular flexibility index (Phi) is 7.92. The topological polar surface area (TPSA) is 87.5 Å². The summed E-state index contributed by atoms with van der Waals surface area (Å²) in [4.78, 5) is 37.1. The van der Waals surface area contributed by atoms with Crippen molar-refractivity contribution in [1.29, 1.82) is 5.26 Å². The maximum Gasteiger partial charge on any atom is 0.306 e. The van der Waals surface area contributed by atoms with Gasteiger partial charge in [-0.2, -0.15) is 5.26 Å². The van der Waals surface area contributed by atoms with Crippen molar-refractivity contribution in [1.82, 2.24) is 4.90 Å². The minimum Gasteiger partial charge on any atom is -0.456 e. The number of hydrogen-bond donors (Lipinski definition) is 0. The number of rotatable bonds is 9. The van der Waals surface area contributed by atoms with Gasteiger partial charge in [0.15, 0.2) is 12.4 Å². The van der Waals surface area contributed by atoms with Gasteiger partial charge in [0, 0.05) is 25.6 Å². The first kappa shape index (κ1) is 20.8. The minimum atomic E-state index is -0.601. The van der Waals surface area contributed by atoms with Crippen LogP contribution >= 0.6 is 0 Å². The molecule has 0 saturated heterocycles. The van der Waals surface area contributed by atoms with Gasteiger partial charge in [-0.15, -0.1) is 0 Å². The number of nitrogens with zero attached hydrogens (tertiary/aromatic N) is 2. The van der Waals surface area contributed by atoms with E-state index >= 15 is 0 Å². The lowest BCUT2D eigenvalue weighted by molar-refractivity contribution is -0.151. The van der Waals surface area contributed by atoms with E-state index in [1.54, 1.807) is 12.1 Å². The lowest BCUT2D eigenvalue weighted by atomic mass is 10.0. The Morgan fingerprint density at radius 1 is 0.964 bits per heavy atom. The van der Waals surface area contributed by atoms with Crippen LogP contribution in [0.3, 0.4) is 0 Å². The number of carbonyl (C=O) groups excluding carboxylic acids is 3. The molecule has 0 saturated carbocycles. The van der Waals surface area contributed by atoms with Gasteiger partial charge in [-0.3, -0.25) is 14.4 Å². The first-order valence-corrected chi connectivity index (χ1v) is 8.96. The Hall–Kier alpha value is -3.46. The van der Waals surface area contributed by atoms with E-state index in [1.165, 1.54) is 11.9 Å². The SMILES string of the molecule is CN(CCC#N)C(=O)COC(=O)CCC(=O)c1ccc(-c2ccccc2)cc1. The third-order valence-corrected chi connectivity index (χ3v) is 4.21. The molecule has 0 fully saturated rings. The van der Waals surface area contributed by atoms with Crippen molar-refractivity contribution in [3.05, 3.63) is 60.2 Å². The molecule has 2 aromatic rings. The van der Waals surface area contributed by atoms with Crippen molar-refractivity contribution in [3.8, 4) is 17.2 Å². The number of likely N-dealkylation sites (N-methyl/N-ethyl adjacent to an activating group) is 1. The van der Waals surface area contributed by atoms with Crippen molar-refractivity contribution in [2.45, 2.75) is 19.3 Å². The van der Waals surface area contributed by atoms with Gasteiger partial charge in [-0.05, 0) is 11.1 Å². The average Bonchev–Trinajstić information content (AvgIpc) is 2.74. The Morgan fingerprint density at radius 3 is 2.25 bits per heavy atom. The van der Waals surface area contributed by atoms with Crippen LogP contribution in [-0.4, -0.2) is 42.8 Å². The number of hydrogen-bond acceptors (Lipinski definition) is 5. The van der Waals surface area contributed by atoms with Crippen LogP contribution in [0.4, 0.5) is 0 Å². The van der Waals surface area contributed by atoms with Gasteiger partial charge in [-0.1, -0.05) is 54.6 Å². The quantitative estimate of drug-likeness (QED) is 0.494. The van der Waals surface area contributed by atoms with Crippen LogP contribution in [0.25, 0.3) is 11.1 Å². The molecule has 2 aromatic carbocycles. The molecule has 0 spiro atoms. The Morgan fingerprint density at radius 2 is 1.61 bits per heavy atom. The maximum atomic E-state index is 12.2. The highest BCUT2D eigenvalue weighted by molar-refractivity contribution is 5.98. The van der Waals surface area contributed by atoms with Crippen LogP contribution in [0.15, 0.2) is 54.6 Å². The van der Waals surface area contributed by atoms with Crippen molar-refractivity contribution >= 4 is 17.7 Å². The molecule has 0 unspecified atom stereocenters. The fraction of sp³-hybridized carbons (Fsp3) is 0.273. The number of nitriles is 1. The summed E-state index contributed by atoms with van der Waals surface area (Å²) in [5.74, 6) is -1.14. The van der Waals surface area contributed by atoms with Gasteiger partial charge in [0.05, 0.1) is 18.9 Å². The van der Waals surface area contributed by atoms with Gasteiger partial charge in [0.25, 0.3) is 5.91 Å². The van der Waals surface area contributed by atoms with Gasteiger partial charge in [0.2, 0.25) is 0 Å². The molecule has 0 atom stereocenters. The summed E-state index contributed by atoms with van der Waals surface area (Å²) < 4.78 is 4.90. The average molecular weight is 378 g/mol. The highest BCUT2D eigenvalue weighted by Gasteiger charge is 2.14. The zero-order chi connectivity index (χ0) is 20.4. The van der Waals surface area contributed by atoms with Gasteiger partial charge >= 0.3 is 5.97 Å². The van der Waals surface area contributed by atoms with E-state index < -0.39 is 5.97 Å². The standard InChI is InChI=1S/C22H22N2O4/c1-24(15-5-14-23)21(26)16-28-22(27)13-12-20(25)19-10-8-18(9-11-19)17-6-3-2-4-7-17/h2-4,6-11H,5,12-13,15-16H2,1H3. The van der Waals surface area contributed by atoms with E-state index in [0.29, 0.717) is 5.56 Å². The highest BCUT2D eigenvalue weighted by atomic mass is 16.5. The molecule has 28 heavy (non-hydrogen) atoms. The summed E-state index contributed by atoms with van der Waals surface area (Å²) in [6, 6.07) is 19.0. The molecule has 0 aliphatic rings. The minimum absolute atomic E-state index is 0.0159. The first-order chi connectivity index (χ1) is 13.5. The van der Waals surface area contributed by atoms with Crippen LogP contribution in [0.5, 0.6) is 0 Å². The maximum absolute atomic E-state index is 12.2. The summed E-state index contributed by atoms with van der Waals surface area (Å²) in [5.41, 5.74) is 2.60. The molecule has 2 rings (SSSR count). The monoisotopic (exact) mass is 378 g/mol. The third kappa shape index (κ3) is 6.36. The van der Waals surface area contributed by atoms with Crippen molar-refractivity contribution in [3.63, 3.8) is 0 Å². The predicted molar refractivity (Wildman–Crippen MR) is 104 cm³/mol. The number of carbonyl (C=O) groups is 3. The van der Waals surface area contributed by atoms with Crippen LogP contribution in [0, 0.1) is 11.3 Å². The second-order valence-corrected chi connectivity index (χ2v) is 6.25. The molecule has 0 aliphatic carbocycles. The van der Waals surface area contributed by atoms with Crippen LogP contribution in [0.2, 0.25) is 0 Å². The van der Waals surface area contributed by atoms with Crippen LogP contribution in [-0.2, 0) is 14.3 Å². The lowest BCUT2D eigenvalue weighted by Gasteiger charge is -2.15. The molecule has 0 radical (unpaired) electrons. The number of amides is 1. The molecule has 0 heterocycles. The van der Waals surface area contributed by atoms with E-state index in [1.807, 2.05) is 48.5 Å². The molecule has 0 aromatic heterocycles. The molecule has 144 valence electrons. The van der Waals surface area contributed by atoms with Crippen LogP contribution in [0.1, 0.15) is 29.6 Å². The fourth-order valence-corrected chi connectivity index (χ4v) is 2.51. The third-order valence-electron chi connectivity index (χ3n) is 4.21. The van der Waals surface area contributed by atoms with Gasteiger partial charge in [0.1, 0.15) is 0 Å². The summed E-state index contributed by atoms with van der Waals surface area (Å²) in [6.07, 6.45) is 0.143. The summed E-state index contributed by atoms with van der Waals surface area (Å²) >= 11 is 0. The van der Waals surface area contributed by atoms with E-state index in [2.05, 4.69) is 0 Å². The number of esters is 1. The molecule has 0 N–H and O–H groups in total. The molecule has 6 heteroatoms. The zero-order valence-electron chi connectivity index (χ0n) is 15.8. The number of benzene rings is 2. The summed E-state index contributed by atoms with van der Waals surface area (Å²) in [7, 11) is 1.54. The lowest BCUT2D eigenvalue weighted by Crippen LogP contribution is -2.31. The van der Waals surface area contributed by atoms with E-state index in [-0.39, 0.29) is 44.1 Å². The predicted octanol–water partition coefficient (Wildman–Crippen LogP) is 3.23. The van der Waals surface area contributed by atoms with Crippen molar-refractivity contribution in [2.24, 2.45) is 0 Å². The van der Waals surface area contributed by atoms with E-state index in [4.69, 9.17) is 10.00 Å². The second kappa shape index (κ2) is 10.6. The van der Waals surface area contributed by atoms with Crippen molar-refractivity contribution < 1.29 is 19.1 Å². The molecule has 0 bridgehead atoms. The van der Waals surface area contributed by atoms with Crippen molar-refractivity contribution in [2.75, 3.05) is 20.2 Å². The van der Waals surface area contributed by atoms with Gasteiger partial charge < -0.3 is 9.64 Å². The first-order valence-electron chi connectivity index (χ1n) is 8.96. The van der Waals surface area contributed by atoms with Crippen LogP contribution < -0.4 is 0 Å². The summed E-state index contributed by atoms with van der Waals surface area (Å²) in [6.45, 7) is -0.106. The van der Waals surface area contributed by atoms with E-state index in [0.717, 1.165) is 11.1 Å². The Balaban J connectivity index is 1.78. The van der Waals surface area contributed by atoms with Gasteiger partial charge in [-0.25, -0.2) is 0 Å². The largest absolute Gasteiger partial charge is 0.456 e. The molecule has 1 amide bonds. The smallest absolute Gasteiger partial charge is 0.306 e. The number of ketones is 1. The second-order valence-electron chi connectivity index (χ2n) is 6.25.